The predicted molar refractivity (Wildman–Crippen MR) is 71.3 cm³/mol. The van der Waals surface area contributed by atoms with Crippen molar-refractivity contribution in [1.82, 2.24) is 4.90 Å². The van der Waals surface area contributed by atoms with Gasteiger partial charge in [0, 0.05) is 18.2 Å². The molecule has 96 valence electrons. The zero-order valence-corrected chi connectivity index (χ0v) is 11.0. The third-order valence-electron chi connectivity index (χ3n) is 3.54. The molecule has 1 saturated heterocycles. The first-order valence-electron chi connectivity index (χ1n) is 6.24. The van der Waals surface area contributed by atoms with E-state index >= 15 is 0 Å². The Balaban J connectivity index is 1.96. The first-order valence-corrected chi connectivity index (χ1v) is 6.62. The summed E-state index contributed by atoms with van der Waals surface area (Å²) in [6.45, 7) is 3.12. The van der Waals surface area contributed by atoms with Crippen LogP contribution >= 0.6 is 11.6 Å². The van der Waals surface area contributed by atoms with Crippen LogP contribution in [-0.4, -0.2) is 29.7 Å². The number of benzene rings is 1. The molecule has 18 heavy (non-hydrogen) atoms. The summed E-state index contributed by atoms with van der Waals surface area (Å²) in [5, 5.41) is 18.6. The van der Waals surface area contributed by atoms with Crippen LogP contribution in [0.15, 0.2) is 18.2 Å². The average molecular weight is 265 g/mol. The van der Waals surface area contributed by atoms with Crippen molar-refractivity contribution in [1.29, 1.82) is 5.26 Å². The molecule has 0 aromatic heterocycles. The Morgan fingerprint density at radius 3 is 2.67 bits per heavy atom. The van der Waals surface area contributed by atoms with E-state index in [0.717, 1.165) is 38.0 Å². The summed E-state index contributed by atoms with van der Waals surface area (Å²) in [6.07, 6.45) is 2.09. The van der Waals surface area contributed by atoms with Crippen LogP contribution < -0.4 is 0 Å². The van der Waals surface area contributed by atoms with Crippen molar-refractivity contribution >= 4 is 11.6 Å². The lowest BCUT2D eigenvalue weighted by molar-refractivity contribution is 0.127. The van der Waals surface area contributed by atoms with E-state index in [4.69, 9.17) is 22.0 Å². The molecule has 0 spiro atoms. The molecule has 1 aromatic rings. The highest BCUT2D eigenvalue weighted by Crippen LogP contribution is 2.23. The second kappa shape index (κ2) is 6.19. The second-order valence-corrected chi connectivity index (χ2v) is 5.23. The van der Waals surface area contributed by atoms with Crippen molar-refractivity contribution in [2.75, 3.05) is 19.7 Å². The standard InChI is InChI=1S/C14H17ClN2O/c15-14-7-12(8-16)1-2-13(14)9-17-5-3-11(10-18)4-6-17/h1-2,7,11,18H,3-6,9-10H2. The van der Waals surface area contributed by atoms with E-state index in [1.807, 2.05) is 12.1 Å². The maximum atomic E-state index is 9.10. The van der Waals surface area contributed by atoms with Crippen LogP contribution in [0.1, 0.15) is 24.0 Å². The number of rotatable bonds is 3. The second-order valence-electron chi connectivity index (χ2n) is 4.82. The summed E-state index contributed by atoms with van der Waals surface area (Å²) in [7, 11) is 0. The van der Waals surface area contributed by atoms with Crippen LogP contribution in [0.5, 0.6) is 0 Å². The van der Waals surface area contributed by atoms with Gasteiger partial charge in [-0.2, -0.15) is 5.26 Å². The predicted octanol–water partition coefficient (Wildman–Crippen LogP) is 2.42. The Kier molecular flexibility index (Phi) is 4.60. The van der Waals surface area contributed by atoms with Crippen molar-refractivity contribution in [2.45, 2.75) is 19.4 Å². The van der Waals surface area contributed by atoms with E-state index in [1.54, 1.807) is 6.07 Å². The molecular weight excluding hydrogens is 248 g/mol. The van der Waals surface area contributed by atoms with Crippen LogP contribution in [0, 0.1) is 17.2 Å². The zero-order valence-electron chi connectivity index (χ0n) is 10.3. The number of hydrogen-bond donors (Lipinski definition) is 1. The quantitative estimate of drug-likeness (QED) is 0.912. The third-order valence-corrected chi connectivity index (χ3v) is 3.89. The van der Waals surface area contributed by atoms with Gasteiger partial charge in [0.15, 0.2) is 0 Å². The minimum Gasteiger partial charge on any atom is -0.396 e. The maximum Gasteiger partial charge on any atom is 0.0992 e. The van der Waals surface area contributed by atoms with Gasteiger partial charge in [-0.25, -0.2) is 0 Å². The highest BCUT2D eigenvalue weighted by Gasteiger charge is 2.19. The van der Waals surface area contributed by atoms with Crippen molar-refractivity contribution in [3.63, 3.8) is 0 Å². The summed E-state index contributed by atoms with van der Waals surface area (Å²) < 4.78 is 0. The van der Waals surface area contributed by atoms with E-state index in [-0.39, 0.29) is 0 Å². The molecule has 0 radical (unpaired) electrons. The minimum atomic E-state index is 0.297. The van der Waals surface area contributed by atoms with Gasteiger partial charge in [-0.1, -0.05) is 17.7 Å². The maximum absolute atomic E-state index is 9.10. The summed E-state index contributed by atoms with van der Waals surface area (Å²) >= 11 is 6.17. The molecule has 0 aliphatic carbocycles. The Labute approximate surface area is 113 Å². The number of aliphatic hydroxyl groups excluding tert-OH is 1. The van der Waals surface area contributed by atoms with Crippen molar-refractivity contribution in [2.24, 2.45) is 5.92 Å². The first kappa shape index (κ1) is 13.4. The van der Waals surface area contributed by atoms with Crippen LogP contribution in [0.25, 0.3) is 0 Å². The van der Waals surface area contributed by atoms with Gasteiger partial charge in [-0.05, 0) is 49.5 Å². The molecular formula is C14H17ClN2O. The number of halogens is 1. The highest BCUT2D eigenvalue weighted by molar-refractivity contribution is 6.31. The van der Waals surface area contributed by atoms with Crippen molar-refractivity contribution in [3.05, 3.63) is 34.3 Å². The minimum absolute atomic E-state index is 0.297. The molecule has 1 N–H and O–H groups in total. The Morgan fingerprint density at radius 2 is 2.11 bits per heavy atom. The lowest BCUT2D eigenvalue weighted by Gasteiger charge is -2.31. The number of piperidine rings is 1. The summed E-state index contributed by atoms with van der Waals surface area (Å²) in [5.74, 6) is 0.456. The molecule has 0 bridgehead atoms. The van der Waals surface area contributed by atoms with Gasteiger partial charge in [0.05, 0.1) is 11.6 Å². The molecule has 1 aromatic carbocycles. The Hall–Kier alpha value is -1.08. The van der Waals surface area contributed by atoms with Gasteiger partial charge in [-0.3, -0.25) is 4.90 Å². The van der Waals surface area contributed by atoms with Crippen LogP contribution in [0.4, 0.5) is 0 Å². The largest absolute Gasteiger partial charge is 0.396 e. The number of likely N-dealkylation sites (tertiary alicyclic amines) is 1. The average Bonchev–Trinajstić information content (AvgIpc) is 2.42. The molecule has 3 nitrogen and oxygen atoms in total. The lowest BCUT2D eigenvalue weighted by Crippen LogP contribution is -2.34. The molecule has 0 unspecified atom stereocenters. The molecule has 1 aliphatic heterocycles. The van der Waals surface area contributed by atoms with Crippen LogP contribution in [-0.2, 0) is 6.54 Å². The smallest absolute Gasteiger partial charge is 0.0992 e. The van der Waals surface area contributed by atoms with Crippen molar-refractivity contribution < 1.29 is 5.11 Å². The van der Waals surface area contributed by atoms with E-state index in [2.05, 4.69) is 11.0 Å². The summed E-state index contributed by atoms with van der Waals surface area (Å²) in [4.78, 5) is 2.35. The Bertz CT molecular complexity index is 448. The molecule has 0 saturated carbocycles. The van der Waals surface area contributed by atoms with Gasteiger partial charge >= 0.3 is 0 Å². The summed E-state index contributed by atoms with van der Waals surface area (Å²) in [5.41, 5.74) is 1.67. The highest BCUT2D eigenvalue weighted by atomic mass is 35.5. The fraction of sp³-hybridized carbons (Fsp3) is 0.500. The monoisotopic (exact) mass is 264 g/mol. The number of nitriles is 1. The Morgan fingerprint density at radius 1 is 1.39 bits per heavy atom. The molecule has 2 rings (SSSR count). The van der Waals surface area contributed by atoms with E-state index in [0.29, 0.717) is 23.1 Å². The molecule has 0 amide bonds. The van der Waals surface area contributed by atoms with Crippen molar-refractivity contribution in [3.8, 4) is 6.07 Å². The van der Waals surface area contributed by atoms with E-state index < -0.39 is 0 Å². The van der Waals surface area contributed by atoms with Gasteiger partial charge in [0.1, 0.15) is 0 Å². The molecule has 1 aliphatic rings. The topological polar surface area (TPSA) is 47.3 Å². The molecule has 0 atom stereocenters. The lowest BCUT2D eigenvalue weighted by atomic mass is 9.97. The van der Waals surface area contributed by atoms with E-state index in [1.165, 1.54) is 0 Å². The third kappa shape index (κ3) is 3.23. The van der Waals surface area contributed by atoms with E-state index in [9.17, 15) is 0 Å². The van der Waals surface area contributed by atoms with Gasteiger partial charge in [-0.15, -0.1) is 0 Å². The first-order chi connectivity index (χ1) is 8.72. The van der Waals surface area contributed by atoms with Crippen LogP contribution in [0.3, 0.4) is 0 Å². The number of aliphatic hydroxyl groups is 1. The van der Waals surface area contributed by atoms with Gasteiger partial charge in [0.2, 0.25) is 0 Å². The SMILES string of the molecule is N#Cc1ccc(CN2CCC(CO)CC2)c(Cl)c1. The van der Waals surface area contributed by atoms with Gasteiger partial charge in [0.25, 0.3) is 0 Å². The van der Waals surface area contributed by atoms with Crippen LogP contribution in [0.2, 0.25) is 5.02 Å². The fourth-order valence-electron chi connectivity index (χ4n) is 2.31. The normalized spacial score (nSPS) is 17.6. The molecule has 1 fully saturated rings. The molecule has 1 heterocycles. The number of hydrogen-bond acceptors (Lipinski definition) is 3. The number of nitrogens with zero attached hydrogens (tertiary/aromatic N) is 2. The fourth-order valence-corrected chi connectivity index (χ4v) is 2.55. The summed E-state index contributed by atoms with van der Waals surface area (Å²) in [6, 6.07) is 7.54. The zero-order chi connectivity index (χ0) is 13.0. The van der Waals surface area contributed by atoms with Gasteiger partial charge < -0.3 is 5.11 Å². The molecule has 4 heteroatoms.